The first-order chi connectivity index (χ1) is 10.0. The molecule has 2 aromatic carbocycles. The zero-order chi connectivity index (χ0) is 15.4. The van der Waals surface area contributed by atoms with Crippen LogP contribution in [0.2, 0.25) is 0 Å². The Morgan fingerprint density at radius 2 is 2.10 bits per heavy atom. The van der Waals surface area contributed by atoms with Crippen LogP contribution in [0.5, 0.6) is 5.75 Å². The van der Waals surface area contributed by atoms with Crippen molar-refractivity contribution in [1.82, 2.24) is 0 Å². The van der Waals surface area contributed by atoms with Gasteiger partial charge in [0, 0.05) is 15.1 Å². The van der Waals surface area contributed by atoms with Crippen molar-refractivity contribution in [3.8, 4) is 5.75 Å². The minimum absolute atomic E-state index is 0.209. The maximum atomic E-state index is 13.6. The maximum Gasteiger partial charge on any atom is 0.336 e. The number of benzene rings is 2. The molecule has 0 aliphatic heterocycles. The Morgan fingerprint density at radius 1 is 1.33 bits per heavy atom. The van der Waals surface area contributed by atoms with Crippen LogP contribution in [-0.2, 0) is 5.75 Å². The lowest BCUT2D eigenvalue weighted by molar-refractivity contribution is 0.0695. The number of rotatable bonds is 5. The zero-order valence-corrected chi connectivity index (χ0v) is 13.5. The van der Waals surface area contributed by atoms with Crippen molar-refractivity contribution in [2.24, 2.45) is 0 Å². The second-order valence-electron chi connectivity index (χ2n) is 4.20. The van der Waals surface area contributed by atoms with Gasteiger partial charge in [0.1, 0.15) is 0 Å². The molecule has 0 aliphatic rings. The molecule has 21 heavy (non-hydrogen) atoms. The van der Waals surface area contributed by atoms with E-state index in [2.05, 4.69) is 15.9 Å². The summed E-state index contributed by atoms with van der Waals surface area (Å²) in [5.74, 6) is -0.639. The molecular weight excluding hydrogens is 359 g/mol. The predicted octanol–water partition coefficient (Wildman–Crippen LogP) is 4.59. The summed E-state index contributed by atoms with van der Waals surface area (Å²) in [6.07, 6.45) is 0. The van der Waals surface area contributed by atoms with Crippen LogP contribution in [0, 0.1) is 5.82 Å². The summed E-state index contributed by atoms with van der Waals surface area (Å²) in [5.41, 5.74) is 1.01. The number of ether oxygens (including phenoxy) is 1. The molecule has 0 radical (unpaired) electrons. The lowest BCUT2D eigenvalue weighted by Crippen LogP contribution is -1.97. The molecule has 3 nitrogen and oxygen atoms in total. The Kier molecular flexibility index (Phi) is 5.25. The number of halogens is 2. The fourth-order valence-electron chi connectivity index (χ4n) is 1.72. The van der Waals surface area contributed by atoms with Gasteiger partial charge < -0.3 is 9.84 Å². The summed E-state index contributed by atoms with van der Waals surface area (Å²) in [6, 6.07) is 9.89. The highest BCUT2D eigenvalue weighted by Crippen LogP contribution is 2.28. The highest BCUT2D eigenvalue weighted by molar-refractivity contribution is 9.10. The molecule has 0 spiro atoms. The van der Waals surface area contributed by atoms with Gasteiger partial charge in [0.05, 0.1) is 12.7 Å². The zero-order valence-electron chi connectivity index (χ0n) is 11.1. The normalized spacial score (nSPS) is 10.4. The van der Waals surface area contributed by atoms with Crippen LogP contribution in [0.1, 0.15) is 15.9 Å². The fourth-order valence-corrected chi connectivity index (χ4v) is 3.02. The van der Waals surface area contributed by atoms with Crippen LogP contribution in [0.3, 0.4) is 0 Å². The summed E-state index contributed by atoms with van der Waals surface area (Å²) in [6.45, 7) is 0. The number of carbonyl (C=O) groups is 1. The molecule has 2 aromatic rings. The van der Waals surface area contributed by atoms with Gasteiger partial charge in [-0.1, -0.05) is 6.07 Å². The third kappa shape index (κ3) is 3.98. The second-order valence-corrected chi connectivity index (χ2v) is 6.11. The third-order valence-electron chi connectivity index (χ3n) is 2.79. The van der Waals surface area contributed by atoms with E-state index < -0.39 is 11.8 Å². The van der Waals surface area contributed by atoms with E-state index in [1.807, 2.05) is 6.07 Å². The summed E-state index contributed by atoms with van der Waals surface area (Å²) in [4.78, 5) is 11.9. The highest BCUT2D eigenvalue weighted by Gasteiger charge is 2.10. The van der Waals surface area contributed by atoms with Gasteiger partial charge in [-0.15, -0.1) is 11.8 Å². The second kappa shape index (κ2) is 6.95. The van der Waals surface area contributed by atoms with Gasteiger partial charge in [-0.25, -0.2) is 9.18 Å². The summed E-state index contributed by atoms with van der Waals surface area (Å²) >= 11 is 4.64. The van der Waals surface area contributed by atoms with E-state index in [0.29, 0.717) is 10.2 Å². The SMILES string of the molecule is COc1ccc(CSc2ccc(Br)c(C(=O)O)c2)cc1F. The van der Waals surface area contributed by atoms with Crippen molar-refractivity contribution in [1.29, 1.82) is 0 Å². The fraction of sp³-hybridized carbons (Fsp3) is 0.133. The average molecular weight is 371 g/mol. The van der Waals surface area contributed by atoms with Crippen molar-refractivity contribution < 1.29 is 19.0 Å². The van der Waals surface area contributed by atoms with Gasteiger partial charge in [-0.2, -0.15) is 0 Å². The molecule has 0 saturated heterocycles. The van der Waals surface area contributed by atoms with Crippen LogP contribution in [0.15, 0.2) is 45.8 Å². The first kappa shape index (κ1) is 15.9. The predicted molar refractivity (Wildman–Crippen MR) is 83.6 cm³/mol. The molecular formula is C15H12BrFO3S. The van der Waals surface area contributed by atoms with Gasteiger partial charge in [0.25, 0.3) is 0 Å². The standard InChI is InChI=1S/C15H12BrFO3S/c1-20-14-5-2-9(6-13(14)17)8-21-10-3-4-12(16)11(7-10)15(18)19/h2-7H,8H2,1H3,(H,18,19). The largest absolute Gasteiger partial charge is 0.494 e. The van der Waals surface area contributed by atoms with Crippen LogP contribution in [0.4, 0.5) is 4.39 Å². The Balaban J connectivity index is 2.11. The highest BCUT2D eigenvalue weighted by atomic mass is 79.9. The molecule has 0 fully saturated rings. The molecule has 110 valence electrons. The number of carboxylic acid groups (broad SMARTS) is 1. The minimum atomic E-state index is -0.986. The summed E-state index contributed by atoms with van der Waals surface area (Å²) in [5, 5.41) is 9.07. The Labute approximate surface area is 134 Å². The first-order valence-corrected chi connectivity index (χ1v) is 7.77. The third-order valence-corrected chi connectivity index (χ3v) is 4.55. The number of methoxy groups -OCH3 is 1. The van der Waals surface area contributed by atoms with Crippen LogP contribution in [0.25, 0.3) is 0 Å². The number of aromatic carboxylic acids is 1. The molecule has 0 aromatic heterocycles. The van der Waals surface area contributed by atoms with Crippen molar-refractivity contribution >= 4 is 33.7 Å². The Bertz CT molecular complexity index is 676. The topological polar surface area (TPSA) is 46.5 Å². The molecule has 0 saturated carbocycles. The monoisotopic (exact) mass is 370 g/mol. The van der Waals surface area contributed by atoms with Gasteiger partial charge in [-0.05, 0) is 51.8 Å². The number of carboxylic acids is 1. The van der Waals surface area contributed by atoms with E-state index in [9.17, 15) is 9.18 Å². The van der Waals surface area contributed by atoms with E-state index in [-0.39, 0.29) is 11.3 Å². The van der Waals surface area contributed by atoms with Gasteiger partial charge in [0.2, 0.25) is 0 Å². The summed E-state index contributed by atoms with van der Waals surface area (Å²) < 4.78 is 19.0. The van der Waals surface area contributed by atoms with Crippen LogP contribution < -0.4 is 4.74 Å². The molecule has 0 aliphatic carbocycles. The van der Waals surface area contributed by atoms with Crippen molar-refractivity contribution in [2.45, 2.75) is 10.6 Å². The van der Waals surface area contributed by atoms with Crippen LogP contribution in [-0.4, -0.2) is 18.2 Å². The van der Waals surface area contributed by atoms with Crippen LogP contribution >= 0.6 is 27.7 Å². The van der Waals surface area contributed by atoms with E-state index in [1.54, 1.807) is 24.3 Å². The number of hydrogen-bond acceptors (Lipinski definition) is 3. The number of hydrogen-bond donors (Lipinski definition) is 1. The average Bonchev–Trinajstić information content (AvgIpc) is 2.46. The van der Waals surface area contributed by atoms with E-state index in [4.69, 9.17) is 9.84 Å². The smallest absolute Gasteiger partial charge is 0.336 e. The Hall–Kier alpha value is -1.53. The van der Waals surface area contributed by atoms with E-state index >= 15 is 0 Å². The van der Waals surface area contributed by atoms with Crippen molar-refractivity contribution in [2.75, 3.05) is 7.11 Å². The van der Waals surface area contributed by atoms with Crippen molar-refractivity contribution in [3.05, 3.63) is 57.8 Å². The lowest BCUT2D eigenvalue weighted by atomic mass is 10.2. The lowest BCUT2D eigenvalue weighted by Gasteiger charge is -2.07. The quantitative estimate of drug-likeness (QED) is 0.782. The molecule has 0 atom stereocenters. The van der Waals surface area contributed by atoms with Gasteiger partial charge >= 0.3 is 5.97 Å². The maximum absolute atomic E-state index is 13.6. The Morgan fingerprint density at radius 3 is 2.71 bits per heavy atom. The van der Waals surface area contributed by atoms with E-state index in [1.165, 1.54) is 24.9 Å². The van der Waals surface area contributed by atoms with E-state index in [0.717, 1.165) is 10.5 Å². The van der Waals surface area contributed by atoms with Crippen molar-refractivity contribution in [3.63, 3.8) is 0 Å². The molecule has 1 N–H and O–H groups in total. The molecule has 2 rings (SSSR count). The van der Waals surface area contributed by atoms with Gasteiger partial charge in [-0.3, -0.25) is 0 Å². The molecule has 6 heteroatoms. The minimum Gasteiger partial charge on any atom is -0.494 e. The molecule has 0 unspecified atom stereocenters. The van der Waals surface area contributed by atoms with Gasteiger partial charge in [0.15, 0.2) is 11.6 Å². The molecule has 0 heterocycles. The number of thioether (sulfide) groups is 1. The molecule has 0 amide bonds. The first-order valence-electron chi connectivity index (χ1n) is 5.99. The summed E-state index contributed by atoms with van der Waals surface area (Å²) in [7, 11) is 1.42. The molecule has 0 bridgehead atoms.